The third-order valence-electron chi connectivity index (χ3n) is 4.06. The molecule has 2 aromatic carbocycles. The summed E-state index contributed by atoms with van der Waals surface area (Å²) in [5.41, 5.74) is 1.52. The molecule has 0 saturated carbocycles. The molecular weight excluding hydrogens is 401 g/mol. The number of nitrogens with one attached hydrogen (secondary N) is 2. The van der Waals surface area contributed by atoms with E-state index in [-0.39, 0.29) is 24.4 Å². The van der Waals surface area contributed by atoms with Gasteiger partial charge in [-0.05, 0) is 49.2 Å². The number of carbonyl (C=O) groups is 3. The fourth-order valence-electron chi connectivity index (χ4n) is 2.49. The molecule has 2 aromatic rings. The van der Waals surface area contributed by atoms with Crippen LogP contribution in [0.25, 0.3) is 0 Å². The van der Waals surface area contributed by atoms with E-state index in [0.29, 0.717) is 5.69 Å². The quantitative estimate of drug-likeness (QED) is 0.655. The highest BCUT2D eigenvalue weighted by atomic mass is 19.4. The lowest BCUT2D eigenvalue weighted by Crippen LogP contribution is -2.22. The second-order valence-electron chi connectivity index (χ2n) is 6.65. The van der Waals surface area contributed by atoms with Crippen molar-refractivity contribution >= 4 is 29.2 Å². The Morgan fingerprint density at radius 2 is 1.67 bits per heavy atom. The first kappa shape index (κ1) is 22.9. The van der Waals surface area contributed by atoms with Crippen LogP contribution in [0.2, 0.25) is 0 Å². The fourth-order valence-corrected chi connectivity index (χ4v) is 2.49. The van der Waals surface area contributed by atoms with E-state index in [1.165, 1.54) is 6.07 Å². The van der Waals surface area contributed by atoms with Gasteiger partial charge in [-0.15, -0.1) is 0 Å². The minimum absolute atomic E-state index is 0.0706. The molecule has 2 rings (SSSR count). The van der Waals surface area contributed by atoms with Crippen molar-refractivity contribution in [2.24, 2.45) is 0 Å². The molecule has 9 heteroatoms. The second-order valence-corrected chi connectivity index (χ2v) is 6.65. The molecule has 0 bridgehead atoms. The van der Waals surface area contributed by atoms with Crippen LogP contribution in [-0.2, 0) is 25.3 Å². The summed E-state index contributed by atoms with van der Waals surface area (Å²) in [5.74, 6) is -1.94. The van der Waals surface area contributed by atoms with Gasteiger partial charge in [-0.1, -0.05) is 18.2 Å². The number of rotatable bonds is 7. The maximum atomic E-state index is 12.7. The predicted molar refractivity (Wildman–Crippen MR) is 105 cm³/mol. The lowest BCUT2D eigenvalue weighted by molar-refractivity contribution is -0.147. The Balaban J connectivity index is 1.76. The average molecular weight is 422 g/mol. The first-order valence-electron chi connectivity index (χ1n) is 9.04. The Hall–Kier alpha value is -3.36. The number of esters is 1. The number of hydrogen-bond donors (Lipinski definition) is 2. The van der Waals surface area contributed by atoms with Gasteiger partial charge in [-0.3, -0.25) is 14.4 Å². The van der Waals surface area contributed by atoms with E-state index < -0.39 is 30.2 Å². The Bertz CT molecular complexity index is 942. The van der Waals surface area contributed by atoms with Crippen LogP contribution < -0.4 is 10.6 Å². The third-order valence-corrected chi connectivity index (χ3v) is 4.06. The topological polar surface area (TPSA) is 84.5 Å². The van der Waals surface area contributed by atoms with Gasteiger partial charge < -0.3 is 15.4 Å². The Labute approximate surface area is 171 Å². The lowest BCUT2D eigenvalue weighted by Gasteiger charge is -2.10. The molecule has 0 spiro atoms. The largest absolute Gasteiger partial charge is 0.456 e. The molecule has 0 unspecified atom stereocenters. The van der Waals surface area contributed by atoms with Crippen LogP contribution in [-0.4, -0.2) is 24.4 Å². The number of hydrogen-bond acceptors (Lipinski definition) is 4. The smallest absolute Gasteiger partial charge is 0.416 e. The summed E-state index contributed by atoms with van der Waals surface area (Å²) in [6.45, 7) is 3.05. The van der Waals surface area contributed by atoms with Crippen molar-refractivity contribution in [2.75, 3.05) is 17.2 Å². The molecule has 30 heavy (non-hydrogen) atoms. The van der Waals surface area contributed by atoms with Crippen LogP contribution in [0, 0.1) is 13.8 Å². The van der Waals surface area contributed by atoms with Crippen LogP contribution in [0.3, 0.4) is 0 Å². The van der Waals surface area contributed by atoms with Gasteiger partial charge in [0, 0.05) is 17.8 Å². The highest BCUT2D eigenvalue weighted by Crippen LogP contribution is 2.30. The highest BCUT2D eigenvalue weighted by Gasteiger charge is 2.30. The minimum Gasteiger partial charge on any atom is -0.456 e. The van der Waals surface area contributed by atoms with Gasteiger partial charge in [-0.25, -0.2) is 0 Å². The van der Waals surface area contributed by atoms with Crippen LogP contribution in [0.5, 0.6) is 0 Å². The zero-order valence-corrected chi connectivity index (χ0v) is 16.4. The normalized spacial score (nSPS) is 11.0. The zero-order chi connectivity index (χ0) is 22.3. The Kier molecular flexibility index (Phi) is 7.57. The Morgan fingerprint density at radius 3 is 2.37 bits per heavy atom. The fraction of sp³-hybridized carbons (Fsp3) is 0.286. The van der Waals surface area contributed by atoms with Crippen LogP contribution in [0.1, 0.15) is 29.5 Å². The summed E-state index contributed by atoms with van der Waals surface area (Å²) < 4.78 is 42.8. The van der Waals surface area contributed by atoms with Gasteiger partial charge in [0.2, 0.25) is 5.91 Å². The van der Waals surface area contributed by atoms with Crippen molar-refractivity contribution in [1.82, 2.24) is 0 Å². The van der Waals surface area contributed by atoms with E-state index in [0.717, 1.165) is 29.3 Å². The SMILES string of the molecule is Cc1ccc(C)c(NC(=O)CCC(=O)OCC(=O)Nc2cccc(C(F)(F)F)c2)c1. The van der Waals surface area contributed by atoms with Crippen molar-refractivity contribution in [3.63, 3.8) is 0 Å². The molecule has 0 aliphatic heterocycles. The number of carbonyl (C=O) groups excluding carboxylic acids is 3. The van der Waals surface area contributed by atoms with Crippen molar-refractivity contribution in [2.45, 2.75) is 32.9 Å². The lowest BCUT2D eigenvalue weighted by atomic mass is 10.1. The van der Waals surface area contributed by atoms with Gasteiger partial charge >= 0.3 is 12.1 Å². The van der Waals surface area contributed by atoms with Crippen LogP contribution in [0.4, 0.5) is 24.5 Å². The van der Waals surface area contributed by atoms with E-state index >= 15 is 0 Å². The molecule has 2 amide bonds. The van der Waals surface area contributed by atoms with Gasteiger partial charge in [0.1, 0.15) is 0 Å². The summed E-state index contributed by atoms with van der Waals surface area (Å²) >= 11 is 0. The predicted octanol–water partition coefficient (Wildman–Crippen LogP) is 4.22. The van der Waals surface area contributed by atoms with Gasteiger partial charge in [0.15, 0.2) is 6.61 Å². The van der Waals surface area contributed by atoms with E-state index in [1.807, 2.05) is 32.0 Å². The highest BCUT2D eigenvalue weighted by molar-refractivity contribution is 5.94. The number of aryl methyl sites for hydroxylation is 2. The van der Waals surface area contributed by atoms with Crippen LogP contribution in [0.15, 0.2) is 42.5 Å². The maximum Gasteiger partial charge on any atom is 0.416 e. The van der Waals surface area contributed by atoms with Gasteiger partial charge in [0.25, 0.3) is 5.91 Å². The summed E-state index contributed by atoms with van der Waals surface area (Å²) in [7, 11) is 0. The molecule has 0 fully saturated rings. The monoisotopic (exact) mass is 422 g/mol. The van der Waals surface area contributed by atoms with Crippen molar-refractivity contribution in [1.29, 1.82) is 0 Å². The van der Waals surface area contributed by atoms with E-state index in [4.69, 9.17) is 4.74 Å². The number of benzene rings is 2. The summed E-state index contributed by atoms with van der Waals surface area (Å²) in [6, 6.07) is 9.67. The van der Waals surface area contributed by atoms with Gasteiger partial charge in [0.05, 0.1) is 12.0 Å². The number of halogens is 3. The zero-order valence-electron chi connectivity index (χ0n) is 16.4. The molecule has 6 nitrogen and oxygen atoms in total. The molecular formula is C21H21F3N2O4. The van der Waals surface area contributed by atoms with E-state index in [2.05, 4.69) is 10.6 Å². The van der Waals surface area contributed by atoms with Crippen molar-refractivity contribution in [3.8, 4) is 0 Å². The molecule has 0 aromatic heterocycles. The molecule has 160 valence electrons. The third kappa shape index (κ3) is 7.23. The van der Waals surface area contributed by atoms with Crippen molar-refractivity contribution in [3.05, 3.63) is 59.2 Å². The average Bonchev–Trinajstić information content (AvgIpc) is 2.67. The summed E-state index contributed by atoms with van der Waals surface area (Å²) in [6.07, 6.45) is -4.92. The second kappa shape index (κ2) is 9.91. The number of alkyl halides is 3. The molecule has 2 N–H and O–H groups in total. The molecule has 0 saturated heterocycles. The van der Waals surface area contributed by atoms with Gasteiger partial charge in [-0.2, -0.15) is 13.2 Å². The molecule has 0 aliphatic carbocycles. The van der Waals surface area contributed by atoms with E-state index in [9.17, 15) is 27.6 Å². The minimum atomic E-state index is -4.54. The molecule has 0 aliphatic rings. The van der Waals surface area contributed by atoms with E-state index in [1.54, 1.807) is 0 Å². The molecule has 0 atom stereocenters. The van der Waals surface area contributed by atoms with Crippen molar-refractivity contribution < 1.29 is 32.3 Å². The number of anilines is 2. The summed E-state index contributed by atoms with van der Waals surface area (Å²) in [5, 5.41) is 4.93. The standard InChI is InChI=1S/C21H21F3N2O4/c1-13-6-7-14(2)17(10-13)26-18(27)8-9-20(29)30-12-19(28)25-16-5-3-4-15(11-16)21(22,23)24/h3-7,10-11H,8-9,12H2,1-2H3,(H,25,28)(H,26,27). The summed E-state index contributed by atoms with van der Waals surface area (Å²) in [4.78, 5) is 35.5. The maximum absolute atomic E-state index is 12.7. The number of amides is 2. The molecule has 0 radical (unpaired) electrons. The number of ether oxygens (including phenoxy) is 1. The van der Waals surface area contributed by atoms with Crippen LogP contribution >= 0.6 is 0 Å². The first-order chi connectivity index (χ1) is 14.0. The molecule has 0 heterocycles. The Morgan fingerprint density at radius 1 is 0.933 bits per heavy atom. The first-order valence-corrected chi connectivity index (χ1v) is 9.04.